The highest BCUT2D eigenvalue weighted by atomic mass is 127. The van der Waals surface area contributed by atoms with Crippen LogP contribution in [0.15, 0.2) is 41.2 Å². The van der Waals surface area contributed by atoms with Crippen LogP contribution >= 0.6 is 22.9 Å². The van der Waals surface area contributed by atoms with E-state index in [0.717, 1.165) is 16.5 Å². The van der Waals surface area contributed by atoms with Gasteiger partial charge in [0.15, 0.2) is 0 Å². The Morgan fingerprint density at radius 3 is 2.53 bits per heavy atom. The molecule has 0 saturated heterocycles. The van der Waals surface area contributed by atoms with Crippen molar-refractivity contribution in [2.24, 2.45) is 5.92 Å². The smallest absolute Gasteiger partial charge is 0.352 e. The van der Waals surface area contributed by atoms with E-state index in [2.05, 4.69) is 19.5 Å². The number of para-hydroxylation sites is 1. The number of nitrogens with zero attached hydrogens (tertiary/aromatic N) is 2. The number of hydrogen-bond acceptors (Lipinski definition) is 10. The fraction of sp³-hybridized carbons (Fsp3) is 0.394. The summed E-state index contributed by atoms with van der Waals surface area (Å²) >= 11 is 1.71. The molecule has 15 nitrogen and oxygen atoms in total. The molecule has 2 aromatic heterocycles. The fourth-order valence-corrected chi connectivity index (χ4v) is 5.96. The molecule has 2 aliphatic heterocycles. The molecule has 1 aromatic carbocycles. The van der Waals surface area contributed by atoms with Gasteiger partial charge in [-0.25, -0.2) is 9.78 Å². The zero-order valence-corrected chi connectivity index (χ0v) is 29.0. The molecule has 2 aliphatic rings. The summed E-state index contributed by atoms with van der Waals surface area (Å²) in [6.07, 6.45) is -0.705. The zero-order valence-electron chi connectivity index (χ0n) is 26.8. The van der Waals surface area contributed by atoms with E-state index >= 15 is 0 Å². The first-order chi connectivity index (χ1) is 23.4. The number of amides is 4. The number of fused-ring (bicyclic) bond motifs is 5. The monoisotopic (exact) mass is 786 g/mol. The average Bonchev–Trinajstić information content (AvgIpc) is 3.43. The maximum Gasteiger partial charge on any atom is 0.352 e. The third-order valence-corrected chi connectivity index (χ3v) is 8.64. The molecule has 3 aromatic rings. The van der Waals surface area contributed by atoms with Crippen LogP contribution in [0.1, 0.15) is 62.3 Å². The Hall–Kier alpha value is -4.87. The van der Waals surface area contributed by atoms with E-state index < -0.39 is 54.9 Å². The highest BCUT2D eigenvalue weighted by Crippen LogP contribution is 2.36. The Morgan fingerprint density at radius 1 is 1.02 bits per heavy atom. The van der Waals surface area contributed by atoms with Crippen molar-refractivity contribution in [1.29, 1.82) is 0 Å². The third-order valence-electron chi connectivity index (χ3n) is 8.04. The molecule has 0 fully saturated rings. The Morgan fingerprint density at radius 2 is 1.78 bits per heavy atom. The lowest BCUT2D eigenvalue weighted by Crippen LogP contribution is -2.49. The lowest BCUT2D eigenvalue weighted by molar-refractivity contribution is -0.171. The van der Waals surface area contributed by atoms with Crippen molar-refractivity contribution in [2.75, 3.05) is 13.1 Å². The van der Waals surface area contributed by atoms with E-state index in [-0.39, 0.29) is 48.0 Å². The van der Waals surface area contributed by atoms with Crippen LogP contribution in [0, 0.1) is 5.92 Å². The van der Waals surface area contributed by atoms with Gasteiger partial charge in [0, 0.05) is 29.4 Å². The molecule has 0 radical (unpaired) electrons. The number of rotatable bonds is 13. The van der Waals surface area contributed by atoms with E-state index in [1.807, 2.05) is 44.2 Å². The van der Waals surface area contributed by atoms with Crippen molar-refractivity contribution in [3.63, 3.8) is 0 Å². The van der Waals surface area contributed by atoms with Crippen molar-refractivity contribution < 1.29 is 38.2 Å². The third kappa shape index (κ3) is 8.41. The van der Waals surface area contributed by atoms with Gasteiger partial charge in [0.25, 0.3) is 5.56 Å². The Bertz CT molecular complexity index is 1890. The summed E-state index contributed by atoms with van der Waals surface area (Å²) < 4.78 is 14.6. The number of ether oxygens (including phenoxy) is 2. The molecule has 4 N–H and O–H groups in total. The minimum atomic E-state index is -1.53. The first kappa shape index (κ1) is 35.4. The maximum absolute atomic E-state index is 13.5. The van der Waals surface area contributed by atoms with Gasteiger partial charge < -0.3 is 30.0 Å². The Labute approximate surface area is 294 Å². The van der Waals surface area contributed by atoms with E-state index in [0.29, 0.717) is 30.8 Å². The van der Waals surface area contributed by atoms with Gasteiger partial charge in [-0.15, -0.1) is 0 Å². The molecule has 49 heavy (non-hydrogen) atoms. The number of halogens is 1. The molecular weight excluding hydrogens is 751 g/mol. The number of nitrogens with one attached hydrogen (secondary N) is 4. The minimum absolute atomic E-state index is 0.0456. The normalized spacial score (nSPS) is 14.9. The zero-order chi connectivity index (χ0) is 35.2. The SMILES string of the molecule is CC(C)CC(NC(=O)CCCC(=O)NI)C(=O)NCC(=O)NCC(=O)OC1C(=O)OCc2c1cc1n(c2=O)Cc2cc3ccccc3nc2-1. The van der Waals surface area contributed by atoms with Crippen LogP contribution in [0.25, 0.3) is 22.3 Å². The number of benzene rings is 1. The van der Waals surface area contributed by atoms with Gasteiger partial charge >= 0.3 is 11.9 Å². The number of hydrogen-bond donors (Lipinski definition) is 4. The van der Waals surface area contributed by atoms with Gasteiger partial charge in [-0.05, 0) is 37.0 Å². The largest absolute Gasteiger partial charge is 0.458 e. The van der Waals surface area contributed by atoms with Gasteiger partial charge in [-0.2, -0.15) is 0 Å². The maximum atomic E-state index is 13.5. The summed E-state index contributed by atoms with van der Waals surface area (Å²) in [5, 5.41) is 8.35. The molecule has 5 rings (SSSR count). The van der Waals surface area contributed by atoms with Crippen molar-refractivity contribution in [3.05, 3.63) is 63.4 Å². The molecule has 0 spiro atoms. The van der Waals surface area contributed by atoms with E-state index in [9.17, 15) is 33.6 Å². The van der Waals surface area contributed by atoms with Crippen molar-refractivity contribution in [1.82, 2.24) is 29.0 Å². The standard InChI is InChI=1S/C33H35IN6O9/c1-17(2)10-23(37-25(41)8-5-9-26(42)39-34)31(45)36-13-27(43)35-14-28(44)49-30-20-12-24-29-19(11-18-6-3-4-7-22(18)38-29)15-40(24)32(46)21(20)16-48-33(30)47/h3-4,6-7,11-12,17,23,30H,5,8-10,13-16H2,1-2H3,(H,35,43)(H,36,45)(H,37,41)(H,39,42). The second-order valence-corrected chi connectivity index (χ2v) is 12.7. The molecule has 0 aliphatic carbocycles. The first-order valence-corrected chi connectivity index (χ1v) is 16.8. The lowest BCUT2D eigenvalue weighted by atomic mass is 10.00. The van der Waals surface area contributed by atoms with Crippen LogP contribution in [-0.4, -0.2) is 64.2 Å². The second kappa shape index (κ2) is 15.6. The lowest BCUT2D eigenvalue weighted by Gasteiger charge is -2.25. The first-order valence-electron chi connectivity index (χ1n) is 15.7. The molecule has 4 heterocycles. The van der Waals surface area contributed by atoms with Crippen LogP contribution in [0.2, 0.25) is 0 Å². The predicted octanol–water partition coefficient (Wildman–Crippen LogP) is 1.47. The quantitative estimate of drug-likeness (QED) is 0.0873. The summed E-state index contributed by atoms with van der Waals surface area (Å²) in [7, 11) is 0. The van der Waals surface area contributed by atoms with Crippen LogP contribution in [0.3, 0.4) is 0 Å². The number of carbonyl (C=O) groups is 6. The van der Waals surface area contributed by atoms with E-state index in [1.165, 1.54) is 0 Å². The van der Waals surface area contributed by atoms with Gasteiger partial charge in [-0.3, -0.25) is 32.3 Å². The van der Waals surface area contributed by atoms with Gasteiger partial charge in [0.2, 0.25) is 29.7 Å². The highest BCUT2D eigenvalue weighted by Gasteiger charge is 2.37. The number of carbonyl (C=O) groups excluding carboxylic acids is 6. The van der Waals surface area contributed by atoms with Gasteiger partial charge in [0.05, 0.1) is 58.4 Å². The van der Waals surface area contributed by atoms with Crippen molar-refractivity contribution in [2.45, 2.75) is 64.8 Å². The second-order valence-electron chi connectivity index (χ2n) is 12.1. The molecule has 0 bridgehead atoms. The Kier molecular flexibility index (Phi) is 11.3. The van der Waals surface area contributed by atoms with Crippen molar-refractivity contribution in [3.8, 4) is 11.4 Å². The number of esters is 2. The number of aromatic nitrogens is 2. The Balaban J connectivity index is 1.18. The van der Waals surface area contributed by atoms with E-state index in [1.54, 1.807) is 33.5 Å². The van der Waals surface area contributed by atoms with Crippen LogP contribution < -0.4 is 25.0 Å². The van der Waals surface area contributed by atoms with Crippen molar-refractivity contribution >= 4 is 69.3 Å². The topological polar surface area (TPSA) is 204 Å². The van der Waals surface area contributed by atoms with Crippen LogP contribution in [0.4, 0.5) is 0 Å². The van der Waals surface area contributed by atoms with Gasteiger partial charge in [0.1, 0.15) is 19.2 Å². The molecule has 16 heteroatoms. The molecule has 2 atom stereocenters. The number of pyridine rings is 2. The summed E-state index contributed by atoms with van der Waals surface area (Å²) in [6.45, 7) is 2.63. The van der Waals surface area contributed by atoms with E-state index in [4.69, 9.17) is 14.5 Å². The van der Waals surface area contributed by atoms with Crippen LogP contribution in [0.5, 0.6) is 0 Å². The molecule has 0 saturated carbocycles. The minimum Gasteiger partial charge on any atom is -0.458 e. The highest BCUT2D eigenvalue weighted by molar-refractivity contribution is 14.1. The predicted molar refractivity (Wildman–Crippen MR) is 183 cm³/mol. The fourth-order valence-electron chi connectivity index (χ4n) is 5.69. The summed E-state index contributed by atoms with van der Waals surface area (Å²) in [6, 6.07) is 10.2. The number of cyclic esters (lactones) is 1. The van der Waals surface area contributed by atoms with Crippen LogP contribution in [-0.2, 0) is 51.4 Å². The molecule has 2 unspecified atom stereocenters. The van der Waals surface area contributed by atoms with Gasteiger partial charge in [-0.1, -0.05) is 32.0 Å². The summed E-state index contributed by atoms with van der Waals surface area (Å²) in [4.78, 5) is 92.8. The summed E-state index contributed by atoms with van der Waals surface area (Å²) in [5.74, 6) is -3.71. The molecular formula is C33H35IN6O9. The molecule has 4 amide bonds. The summed E-state index contributed by atoms with van der Waals surface area (Å²) in [5.41, 5.74) is 2.64. The average molecular weight is 787 g/mol. The molecule has 258 valence electrons.